The van der Waals surface area contributed by atoms with Crippen molar-refractivity contribution in [3.05, 3.63) is 41.3 Å². The average Bonchev–Trinajstić information content (AvgIpc) is 2.44. The van der Waals surface area contributed by atoms with Gasteiger partial charge in [0.1, 0.15) is 6.54 Å². The Bertz CT molecular complexity index is 625. The zero-order valence-electron chi connectivity index (χ0n) is 11.4. The topological polar surface area (TPSA) is 116 Å². The zero-order valence-corrected chi connectivity index (χ0v) is 12.2. The summed E-state index contributed by atoms with van der Waals surface area (Å²) >= 11 is 0. The summed E-state index contributed by atoms with van der Waals surface area (Å²) in [6, 6.07) is 8.80. The number of ether oxygens (including phenoxy) is 1. The third-order valence-electron chi connectivity index (χ3n) is 2.37. The summed E-state index contributed by atoms with van der Waals surface area (Å²) in [7, 11) is -3.78. The van der Waals surface area contributed by atoms with Gasteiger partial charge >= 0.3 is 5.97 Å². The maximum Gasteiger partial charge on any atom is 0.321 e. The quantitative estimate of drug-likeness (QED) is 0.687. The summed E-state index contributed by atoms with van der Waals surface area (Å²) < 4.78 is 29.9. The lowest BCUT2D eigenvalue weighted by Gasteiger charge is -2.09. The van der Waals surface area contributed by atoms with Crippen LogP contribution in [0.25, 0.3) is 6.08 Å². The van der Waals surface area contributed by atoms with Crippen LogP contribution in [0.4, 0.5) is 0 Å². The lowest BCUT2D eigenvalue weighted by Crippen LogP contribution is -2.35. The van der Waals surface area contributed by atoms with E-state index >= 15 is 0 Å². The van der Waals surface area contributed by atoms with Crippen LogP contribution in [-0.4, -0.2) is 32.9 Å². The molecule has 8 heteroatoms. The third kappa shape index (κ3) is 6.68. The molecule has 21 heavy (non-hydrogen) atoms. The van der Waals surface area contributed by atoms with E-state index in [-0.39, 0.29) is 0 Å². The second kappa shape index (κ2) is 7.55. The number of nitrogens with one attached hydrogen (secondary N) is 1. The van der Waals surface area contributed by atoms with Gasteiger partial charge in [-0.15, -0.1) is 0 Å². The highest BCUT2D eigenvalue weighted by Gasteiger charge is 2.16. The van der Waals surface area contributed by atoms with Crippen molar-refractivity contribution in [2.75, 3.05) is 6.54 Å². The first-order valence-corrected chi connectivity index (χ1v) is 7.56. The number of nitrogens with two attached hydrogens (primary N) is 1. The third-order valence-corrected chi connectivity index (χ3v) is 3.41. The van der Waals surface area contributed by atoms with Crippen molar-refractivity contribution >= 4 is 28.0 Å². The van der Waals surface area contributed by atoms with Gasteiger partial charge in [0, 0.05) is 5.41 Å². The lowest BCUT2D eigenvalue weighted by molar-refractivity contribution is -0.152. The minimum Gasteiger partial charge on any atom is -0.452 e. The van der Waals surface area contributed by atoms with Crippen molar-refractivity contribution in [2.45, 2.75) is 13.0 Å². The molecule has 1 aromatic carbocycles. The minimum atomic E-state index is -3.78. The fraction of sp³-hybridized carbons (Fsp3) is 0.231. The van der Waals surface area contributed by atoms with Crippen LogP contribution in [0.1, 0.15) is 12.5 Å². The number of esters is 1. The van der Waals surface area contributed by atoms with Gasteiger partial charge in [0.15, 0.2) is 6.10 Å². The molecule has 0 saturated heterocycles. The Kier molecular flexibility index (Phi) is 6.07. The van der Waals surface area contributed by atoms with Crippen molar-refractivity contribution in [2.24, 2.45) is 5.73 Å². The van der Waals surface area contributed by atoms with E-state index in [0.717, 1.165) is 5.41 Å². The number of carbonyl (C=O) groups is 2. The molecule has 0 aliphatic rings. The predicted molar refractivity (Wildman–Crippen MR) is 77.1 cm³/mol. The van der Waals surface area contributed by atoms with Gasteiger partial charge < -0.3 is 10.5 Å². The summed E-state index contributed by atoms with van der Waals surface area (Å²) in [6.45, 7) is 0.711. The van der Waals surface area contributed by atoms with Gasteiger partial charge in [0.05, 0.1) is 0 Å². The van der Waals surface area contributed by atoms with Gasteiger partial charge in [-0.3, -0.25) is 9.59 Å². The zero-order chi connectivity index (χ0) is 15.9. The van der Waals surface area contributed by atoms with Crippen LogP contribution in [0.3, 0.4) is 0 Å². The molecule has 1 atom stereocenters. The number of sulfonamides is 1. The summed E-state index contributed by atoms with van der Waals surface area (Å²) in [6.07, 6.45) is 0.279. The molecule has 1 unspecified atom stereocenters. The number of rotatable bonds is 7. The van der Waals surface area contributed by atoms with E-state index in [1.165, 1.54) is 13.0 Å². The molecule has 0 aliphatic carbocycles. The minimum absolute atomic E-state index is 0.584. The highest BCUT2D eigenvalue weighted by atomic mass is 32.2. The average molecular weight is 312 g/mol. The van der Waals surface area contributed by atoms with E-state index < -0.39 is 34.5 Å². The Morgan fingerprint density at radius 1 is 1.33 bits per heavy atom. The SMILES string of the molecule is CC(OC(=O)CNS(=O)(=O)C=Cc1ccccc1)C(N)=O. The molecule has 0 spiro atoms. The Morgan fingerprint density at radius 3 is 2.52 bits per heavy atom. The monoisotopic (exact) mass is 312 g/mol. The molecule has 3 N–H and O–H groups in total. The van der Waals surface area contributed by atoms with E-state index in [1.807, 2.05) is 4.72 Å². The van der Waals surface area contributed by atoms with E-state index in [4.69, 9.17) is 5.73 Å². The number of carbonyl (C=O) groups excluding carboxylic acids is 2. The summed E-state index contributed by atoms with van der Waals surface area (Å²) in [5, 5.41) is 0.938. The molecule has 114 valence electrons. The molecule has 0 radical (unpaired) electrons. The molecule has 0 aliphatic heterocycles. The maximum absolute atomic E-state index is 11.6. The summed E-state index contributed by atoms with van der Waals surface area (Å²) in [4.78, 5) is 22.0. The first-order valence-electron chi connectivity index (χ1n) is 6.02. The number of hydrogen-bond donors (Lipinski definition) is 2. The molecule has 0 heterocycles. The van der Waals surface area contributed by atoms with Crippen LogP contribution in [0.2, 0.25) is 0 Å². The van der Waals surface area contributed by atoms with Crippen molar-refractivity contribution < 1.29 is 22.7 Å². The Balaban J connectivity index is 2.52. The van der Waals surface area contributed by atoms with Gasteiger partial charge in [-0.25, -0.2) is 13.1 Å². The first kappa shape index (κ1) is 16.9. The van der Waals surface area contributed by atoms with Crippen LogP contribution < -0.4 is 10.5 Å². The van der Waals surface area contributed by atoms with Crippen molar-refractivity contribution in [3.8, 4) is 0 Å². The van der Waals surface area contributed by atoms with Gasteiger partial charge in [-0.1, -0.05) is 30.3 Å². The van der Waals surface area contributed by atoms with Crippen LogP contribution in [-0.2, 0) is 24.3 Å². The predicted octanol–water partition coefficient (Wildman–Crippen LogP) is -0.00630. The molecule has 7 nitrogen and oxygen atoms in total. The normalized spacial score (nSPS) is 13.0. The number of amides is 1. The molecular weight excluding hydrogens is 296 g/mol. The molecule has 0 aromatic heterocycles. The second-order valence-electron chi connectivity index (χ2n) is 4.11. The summed E-state index contributed by atoms with van der Waals surface area (Å²) in [5.41, 5.74) is 5.61. The molecule has 1 aromatic rings. The van der Waals surface area contributed by atoms with Gasteiger partial charge in [0.2, 0.25) is 10.0 Å². The van der Waals surface area contributed by atoms with Crippen LogP contribution in [0, 0.1) is 0 Å². The lowest BCUT2D eigenvalue weighted by atomic mass is 10.2. The fourth-order valence-corrected chi connectivity index (χ4v) is 1.99. The second-order valence-corrected chi connectivity index (χ2v) is 5.76. The van der Waals surface area contributed by atoms with Gasteiger partial charge in [-0.2, -0.15) is 0 Å². The first-order chi connectivity index (χ1) is 9.80. The smallest absolute Gasteiger partial charge is 0.321 e. The molecule has 0 fully saturated rings. The maximum atomic E-state index is 11.6. The number of primary amides is 1. The number of hydrogen-bond acceptors (Lipinski definition) is 5. The Labute approximate surface area is 122 Å². The largest absolute Gasteiger partial charge is 0.452 e. The molecule has 0 saturated carbocycles. The van der Waals surface area contributed by atoms with E-state index in [0.29, 0.717) is 5.56 Å². The van der Waals surface area contributed by atoms with E-state index in [2.05, 4.69) is 4.74 Å². The molecule has 1 amide bonds. The Hall–Kier alpha value is -2.19. The Morgan fingerprint density at radius 2 is 1.95 bits per heavy atom. The fourth-order valence-electron chi connectivity index (χ4n) is 1.24. The van der Waals surface area contributed by atoms with Crippen molar-refractivity contribution in [3.63, 3.8) is 0 Å². The molecule has 1 rings (SSSR count). The number of benzene rings is 1. The van der Waals surface area contributed by atoms with E-state index in [9.17, 15) is 18.0 Å². The van der Waals surface area contributed by atoms with Gasteiger partial charge in [0.25, 0.3) is 5.91 Å². The van der Waals surface area contributed by atoms with Gasteiger partial charge in [-0.05, 0) is 18.6 Å². The molecular formula is C13H16N2O5S. The highest BCUT2D eigenvalue weighted by Crippen LogP contribution is 2.02. The van der Waals surface area contributed by atoms with Crippen LogP contribution in [0.5, 0.6) is 0 Å². The standard InChI is InChI=1S/C13H16N2O5S/c1-10(13(14)17)20-12(16)9-15-21(18,19)8-7-11-5-3-2-4-6-11/h2-8,10,15H,9H2,1H3,(H2,14,17). The molecule has 0 bridgehead atoms. The van der Waals surface area contributed by atoms with Crippen molar-refractivity contribution in [1.29, 1.82) is 0 Å². The summed E-state index contributed by atoms with van der Waals surface area (Å²) in [5.74, 6) is -1.70. The van der Waals surface area contributed by atoms with Crippen LogP contribution >= 0.6 is 0 Å². The van der Waals surface area contributed by atoms with Crippen molar-refractivity contribution in [1.82, 2.24) is 4.72 Å². The van der Waals surface area contributed by atoms with Crippen LogP contribution in [0.15, 0.2) is 35.7 Å². The highest BCUT2D eigenvalue weighted by molar-refractivity contribution is 7.92. The van der Waals surface area contributed by atoms with E-state index in [1.54, 1.807) is 30.3 Å².